The Labute approximate surface area is 163 Å². The van der Waals surface area contributed by atoms with Crippen LogP contribution in [0.4, 0.5) is 5.69 Å². The van der Waals surface area contributed by atoms with Gasteiger partial charge < -0.3 is 10.1 Å². The van der Waals surface area contributed by atoms with Crippen molar-refractivity contribution < 1.29 is 9.53 Å². The molecule has 3 rings (SSSR count). The molecule has 0 aliphatic rings. The molecule has 5 nitrogen and oxygen atoms in total. The zero-order chi connectivity index (χ0) is 19.4. The molecule has 6 heteroatoms. The number of anilines is 1. The maximum Gasteiger partial charge on any atom is 0.262 e. The summed E-state index contributed by atoms with van der Waals surface area (Å²) in [7, 11) is 0. The lowest BCUT2D eigenvalue weighted by Crippen LogP contribution is -2.21. The highest BCUT2D eigenvalue weighted by atomic mass is 35.5. The highest BCUT2D eigenvalue weighted by Gasteiger charge is 2.10. The first-order valence-electron chi connectivity index (χ1n) is 8.53. The first-order chi connectivity index (χ1) is 12.9. The van der Waals surface area contributed by atoms with Crippen molar-refractivity contribution in [1.82, 2.24) is 9.97 Å². The van der Waals surface area contributed by atoms with Gasteiger partial charge in [-0.3, -0.25) is 4.79 Å². The second-order valence-electron chi connectivity index (χ2n) is 6.26. The Bertz CT molecular complexity index is 972. The van der Waals surface area contributed by atoms with E-state index in [-0.39, 0.29) is 12.5 Å². The van der Waals surface area contributed by atoms with E-state index in [2.05, 4.69) is 15.3 Å². The maximum absolute atomic E-state index is 12.2. The summed E-state index contributed by atoms with van der Waals surface area (Å²) >= 11 is 5.92. The summed E-state index contributed by atoms with van der Waals surface area (Å²) in [6.07, 6.45) is 0. The molecule has 1 heterocycles. The summed E-state index contributed by atoms with van der Waals surface area (Å²) < 4.78 is 5.59. The van der Waals surface area contributed by atoms with Crippen LogP contribution in [0.25, 0.3) is 11.4 Å². The molecule has 1 N–H and O–H groups in total. The number of halogens is 1. The zero-order valence-electron chi connectivity index (χ0n) is 15.4. The Morgan fingerprint density at radius 2 is 1.81 bits per heavy atom. The number of nitrogens with zero attached hydrogens (tertiary/aromatic N) is 2. The minimum atomic E-state index is -0.243. The van der Waals surface area contributed by atoms with Crippen molar-refractivity contribution in [3.05, 3.63) is 70.4 Å². The number of aromatic nitrogens is 2. The molecule has 27 heavy (non-hydrogen) atoms. The van der Waals surface area contributed by atoms with Crippen LogP contribution in [0, 0.1) is 20.8 Å². The number of carbonyl (C=O) groups excluding carboxylic acids is 1. The normalized spacial score (nSPS) is 10.5. The Hall–Kier alpha value is -2.92. The van der Waals surface area contributed by atoms with Crippen LogP contribution >= 0.6 is 11.6 Å². The number of amides is 1. The monoisotopic (exact) mass is 381 g/mol. The Balaban J connectivity index is 1.69. The number of aryl methyl sites for hydroxylation is 2. The average Bonchev–Trinajstić information content (AvgIpc) is 2.64. The maximum atomic E-state index is 12.2. The van der Waals surface area contributed by atoms with Crippen LogP contribution in [-0.2, 0) is 4.79 Å². The van der Waals surface area contributed by atoms with Crippen molar-refractivity contribution in [2.75, 3.05) is 11.9 Å². The van der Waals surface area contributed by atoms with Crippen LogP contribution < -0.4 is 10.1 Å². The topological polar surface area (TPSA) is 64.1 Å². The molecule has 0 atom stereocenters. The minimum Gasteiger partial charge on any atom is -0.467 e. The number of nitrogens with one attached hydrogen (secondary N) is 1. The van der Waals surface area contributed by atoms with Gasteiger partial charge in [0.1, 0.15) is 0 Å². The predicted molar refractivity (Wildman–Crippen MR) is 107 cm³/mol. The molecule has 138 valence electrons. The Morgan fingerprint density at radius 3 is 2.56 bits per heavy atom. The average molecular weight is 382 g/mol. The fraction of sp³-hybridized carbons (Fsp3) is 0.190. The van der Waals surface area contributed by atoms with E-state index < -0.39 is 0 Å². The summed E-state index contributed by atoms with van der Waals surface area (Å²) in [5, 5.41) is 3.51. The standard InChI is InChI=1S/C21H20ClN3O2/c1-13-5-4-6-18(15(13)3)24-19(26)12-27-20-11-14(2)23-21(25-20)16-7-9-17(22)10-8-16/h4-11H,12H2,1-3H3,(H,24,26). The first kappa shape index (κ1) is 18.9. The van der Waals surface area contributed by atoms with E-state index in [0.29, 0.717) is 16.7 Å². The van der Waals surface area contributed by atoms with Gasteiger partial charge >= 0.3 is 0 Å². The molecule has 3 aromatic rings. The van der Waals surface area contributed by atoms with E-state index in [9.17, 15) is 4.79 Å². The van der Waals surface area contributed by atoms with Gasteiger partial charge in [0.2, 0.25) is 5.88 Å². The SMILES string of the molecule is Cc1cc(OCC(=O)Nc2cccc(C)c2C)nc(-c2ccc(Cl)cc2)n1. The molecule has 0 radical (unpaired) electrons. The van der Waals surface area contributed by atoms with Gasteiger partial charge in [-0.25, -0.2) is 4.98 Å². The van der Waals surface area contributed by atoms with Crippen LogP contribution in [0.3, 0.4) is 0 Å². The third-order valence-corrected chi connectivity index (χ3v) is 4.41. The number of ether oxygens (including phenoxy) is 1. The van der Waals surface area contributed by atoms with Gasteiger partial charge in [0, 0.05) is 28.0 Å². The fourth-order valence-electron chi connectivity index (χ4n) is 2.55. The molecular weight excluding hydrogens is 362 g/mol. The molecule has 0 saturated carbocycles. The molecular formula is C21H20ClN3O2. The molecule has 0 bridgehead atoms. The van der Waals surface area contributed by atoms with Crippen LogP contribution in [-0.4, -0.2) is 22.5 Å². The quantitative estimate of drug-likeness (QED) is 0.693. The summed E-state index contributed by atoms with van der Waals surface area (Å²) in [4.78, 5) is 21.0. The van der Waals surface area contributed by atoms with E-state index >= 15 is 0 Å². The molecule has 0 aliphatic carbocycles. The second-order valence-corrected chi connectivity index (χ2v) is 6.70. The van der Waals surface area contributed by atoms with Crippen LogP contribution in [0.5, 0.6) is 5.88 Å². The highest BCUT2D eigenvalue weighted by Crippen LogP contribution is 2.21. The van der Waals surface area contributed by atoms with Crippen molar-refractivity contribution in [2.24, 2.45) is 0 Å². The molecule has 0 aliphatic heterocycles. The van der Waals surface area contributed by atoms with E-state index in [0.717, 1.165) is 28.1 Å². The summed E-state index contributed by atoms with van der Waals surface area (Å²) in [5.74, 6) is 0.633. The van der Waals surface area contributed by atoms with Gasteiger partial charge in [-0.1, -0.05) is 23.7 Å². The van der Waals surface area contributed by atoms with Crippen LogP contribution in [0.2, 0.25) is 5.02 Å². The number of benzene rings is 2. The third-order valence-electron chi connectivity index (χ3n) is 4.16. The van der Waals surface area contributed by atoms with Gasteiger partial charge in [-0.05, 0) is 62.2 Å². The Morgan fingerprint density at radius 1 is 1.07 bits per heavy atom. The van der Waals surface area contributed by atoms with E-state index in [1.807, 2.05) is 51.1 Å². The van der Waals surface area contributed by atoms with E-state index in [4.69, 9.17) is 16.3 Å². The van der Waals surface area contributed by atoms with Crippen molar-refractivity contribution in [1.29, 1.82) is 0 Å². The molecule has 2 aromatic carbocycles. The van der Waals surface area contributed by atoms with E-state index in [1.54, 1.807) is 18.2 Å². The first-order valence-corrected chi connectivity index (χ1v) is 8.90. The molecule has 0 unspecified atom stereocenters. The van der Waals surface area contributed by atoms with Gasteiger partial charge in [0.25, 0.3) is 5.91 Å². The lowest BCUT2D eigenvalue weighted by molar-refractivity contribution is -0.118. The number of hydrogen-bond donors (Lipinski definition) is 1. The molecule has 0 saturated heterocycles. The summed E-state index contributed by atoms with van der Waals surface area (Å²) in [5.41, 5.74) is 4.51. The van der Waals surface area contributed by atoms with Gasteiger partial charge in [-0.2, -0.15) is 4.98 Å². The van der Waals surface area contributed by atoms with Gasteiger partial charge in [0.05, 0.1) is 0 Å². The Kier molecular flexibility index (Phi) is 5.72. The van der Waals surface area contributed by atoms with Gasteiger partial charge in [-0.15, -0.1) is 0 Å². The fourth-order valence-corrected chi connectivity index (χ4v) is 2.68. The van der Waals surface area contributed by atoms with Gasteiger partial charge in [0.15, 0.2) is 12.4 Å². The molecule has 0 fully saturated rings. The predicted octanol–water partition coefficient (Wildman–Crippen LogP) is 4.74. The summed E-state index contributed by atoms with van der Waals surface area (Å²) in [6.45, 7) is 5.69. The lowest BCUT2D eigenvalue weighted by Gasteiger charge is -2.11. The second kappa shape index (κ2) is 8.18. The van der Waals surface area contributed by atoms with Crippen molar-refractivity contribution in [3.8, 4) is 17.3 Å². The highest BCUT2D eigenvalue weighted by molar-refractivity contribution is 6.30. The van der Waals surface area contributed by atoms with Crippen LogP contribution in [0.15, 0.2) is 48.5 Å². The van der Waals surface area contributed by atoms with Crippen molar-refractivity contribution >= 4 is 23.2 Å². The third kappa shape index (κ3) is 4.83. The number of rotatable bonds is 5. The minimum absolute atomic E-state index is 0.135. The number of hydrogen-bond acceptors (Lipinski definition) is 4. The number of carbonyl (C=O) groups is 1. The van der Waals surface area contributed by atoms with E-state index in [1.165, 1.54) is 0 Å². The van der Waals surface area contributed by atoms with Crippen molar-refractivity contribution in [2.45, 2.75) is 20.8 Å². The smallest absolute Gasteiger partial charge is 0.262 e. The van der Waals surface area contributed by atoms with Crippen molar-refractivity contribution in [3.63, 3.8) is 0 Å². The lowest BCUT2D eigenvalue weighted by atomic mass is 10.1. The molecule has 1 amide bonds. The largest absolute Gasteiger partial charge is 0.467 e. The zero-order valence-corrected chi connectivity index (χ0v) is 16.2. The summed E-state index contributed by atoms with van der Waals surface area (Å²) in [6, 6.07) is 14.7. The van der Waals surface area contributed by atoms with Crippen LogP contribution in [0.1, 0.15) is 16.8 Å². The molecule has 0 spiro atoms. The molecule has 1 aromatic heterocycles.